The van der Waals surface area contributed by atoms with Crippen molar-refractivity contribution >= 4 is 0 Å². The molecule has 2 rings (SSSR count). The van der Waals surface area contributed by atoms with E-state index in [2.05, 4.69) is 55.7 Å². The zero-order chi connectivity index (χ0) is 11.7. The highest BCUT2D eigenvalue weighted by Gasteiger charge is 2.14. The van der Waals surface area contributed by atoms with E-state index < -0.39 is 0 Å². The molecule has 0 fully saturated rings. The van der Waals surface area contributed by atoms with Crippen molar-refractivity contribution in [3.05, 3.63) is 53.1 Å². The van der Waals surface area contributed by atoms with Gasteiger partial charge < -0.3 is 0 Å². The van der Waals surface area contributed by atoms with E-state index in [1.54, 1.807) is 0 Å². The van der Waals surface area contributed by atoms with E-state index in [0.717, 1.165) is 0 Å². The first-order valence-corrected chi connectivity index (χ1v) is 5.49. The summed E-state index contributed by atoms with van der Waals surface area (Å²) in [5.41, 5.74) is 6.19. The third-order valence-electron chi connectivity index (χ3n) is 2.68. The Kier molecular flexibility index (Phi) is 2.73. The number of aryl methyl sites for hydroxylation is 4. The minimum atomic E-state index is 1.20. The molecule has 0 aliphatic rings. The van der Waals surface area contributed by atoms with Gasteiger partial charge in [0.15, 0.2) is 12.4 Å². The van der Waals surface area contributed by atoms with Gasteiger partial charge >= 0.3 is 0 Å². The fourth-order valence-electron chi connectivity index (χ4n) is 2.14. The molecule has 0 saturated heterocycles. The van der Waals surface area contributed by atoms with Crippen LogP contribution in [0.25, 0.3) is 5.69 Å². The molecule has 0 aliphatic heterocycles. The second-order valence-electron chi connectivity index (χ2n) is 4.42. The third kappa shape index (κ3) is 1.96. The zero-order valence-electron chi connectivity index (χ0n) is 10.3. The van der Waals surface area contributed by atoms with E-state index in [9.17, 15) is 0 Å². The summed E-state index contributed by atoms with van der Waals surface area (Å²) >= 11 is 0. The maximum Gasteiger partial charge on any atom is 0.219 e. The molecule has 2 heteroatoms. The molecule has 0 saturated carbocycles. The van der Waals surface area contributed by atoms with E-state index in [0.29, 0.717) is 0 Å². The van der Waals surface area contributed by atoms with Crippen LogP contribution in [0.4, 0.5) is 0 Å². The van der Waals surface area contributed by atoms with Crippen LogP contribution in [0.5, 0.6) is 0 Å². The molecule has 2 nitrogen and oxygen atoms in total. The van der Waals surface area contributed by atoms with Crippen LogP contribution >= 0.6 is 0 Å². The van der Waals surface area contributed by atoms with Crippen LogP contribution in [0, 0.1) is 27.7 Å². The Morgan fingerprint density at radius 3 is 1.88 bits per heavy atom. The summed E-state index contributed by atoms with van der Waals surface area (Å²) in [4.78, 5) is 4.20. The average molecular weight is 213 g/mol. The zero-order valence-corrected chi connectivity index (χ0v) is 10.3. The summed E-state index contributed by atoms with van der Waals surface area (Å²) in [6.07, 6.45) is 8.13. The number of nitrogens with zero attached hydrogens (tertiary/aromatic N) is 2. The maximum absolute atomic E-state index is 4.20. The van der Waals surface area contributed by atoms with Crippen LogP contribution in [-0.2, 0) is 0 Å². The van der Waals surface area contributed by atoms with Crippen LogP contribution in [0.1, 0.15) is 22.3 Å². The minimum absolute atomic E-state index is 1.20. The molecule has 0 N–H and O–H groups in total. The highest BCUT2D eigenvalue weighted by Crippen LogP contribution is 2.11. The molecule has 0 aromatic carbocycles. The first kappa shape index (κ1) is 10.8. The number of rotatable bonds is 1. The van der Waals surface area contributed by atoms with E-state index in [1.165, 1.54) is 27.9 Å². The summed E-state index contributed by atoms with van der Waals surface area (Å²) in [6, 6.07) is 2.18. The van der Waals surface area contributed by atoms with E-state index in [4.69, 9.17) is 0 Å². The molecule has 0 atom stereocenters. The van der Waals surface area contributed by atoms with Gasteiger partial charge in [-0.3, -0.25) is 4.98 Å². The van der Waals surface area contributed by atoms with Crippen LogP contribution in [0.2, 0.25) is 0 Å². The first-order chi connectivity index (χ1) is 7.58. The molecule has 2 aromatic heterocycles. The Labute approximate surface area is 96.6 Å². The predicted octanol–water partition coefficient (Wildman–Crippen LogP) is 2.59. The largest absolute Gasteiger partial charge is 0.264 e. The summed E-state index contributed by atoms with van der Waals surface area (Å²) in [5, 5.41) is 0. The van der Waals surface area contributed by atoms with Crippen LogP contribution in [-0.4, -0.2) is 4.98 Å². The summed E-state index contributed by atoms with van der Waals surface area (Å²) < 4.78 is 2.19. The monoisotopic (exact) mass is 213 g/mol. The summed E-state index contributed by atoms with van der Waals surface area (Å²) in [5.74, 6) is 0. The maximum atomic E-state index is 4.20. The lowest BCUT2D eigenvalue weighted by atomic mass is 10.1. The van der Waals surface area contributed by atoms with Gasteiger partial charge in [-0.25, -0.2) is 0 Å². The predicted molar refractivity (Wildman–Crippen MR) is 64.7 cm³/mol. The Morgan fingerprint density at radius 2 is 1.38 bits per heavy atom. The van der Waals surface area contributed by atoms with Gasteiger partial charge in [-0.15, -0.1) is 0 Å². The van der Waals surface area contributed by atoms with Gasteiger partial charge in [0.05, 0.1) is 0 Å². The molecular weight excluding hydrogens is 196 g/mol. The third-order valence-corrected chi connectivity index (χ3v) is 2.68. The normalized spacial score (nSPS) is 10.5. The van der Waals surface area contributed by atoms with Crippen molar-refractivity contribution in [3.8, 4) is 5.69 Å². The molecule has 0 aliphatic carbocycles. The van der Waals surface area contributed by atoms with Gasteiger partial charge in [0, 0.05) is 34.6 Å². The van der Waals surface area contributed by atoms with Crippen LogP contribution in [0.15, 0.2) is 30.9 Å². The highest BCUT2D eigenvalue weighted by molar-refractivity contribution is 5.37. The second-order valence-corrected chi connectivity index (χ2v) is 4.42. The first-order valence-electron chi connectivity index (χ1n) is 5.49. The van der Waals surface area contributed by atoms with Crippen molar-refractivity contribution in [1.29, 1.82) is 0 Å². The molecule has 0 amide bonds. The van der Waals surface area contributed by atoms with Gasteiger partial charge in [-0.2, -0.15) is 4.57 Å². The number of aromatic nitrogens is 2. The standard InChI is InChI=1S/C14H17N2/c1-10-5-11(2)9-16(8-10)14-12(3)6-15-7-13(14)4/h5-9H,1-4H3/q+1. The molecule has 0 radical (unpaired) electrons. The molecule has 0 unspecified atom stereocenters. The molecule has 2 aromatic rings. The van der Waals surface area contributed by atoms with Gasteiger partial charge in [0.2, 0.25) is 5.69 Å². The van der Waals surface area contributed by atoms with E-state index >= 15 is 0 Å². The highest BCUT2D eigenvalue weighted by atomic mass is 15.0. The minimum Gasteiger partial charge on any atom is -0.264 e. The van der Waals surface area contributed by atoms with Gasteiger partial charge in [-0.1, -0.05) is 0 Å². The number of hydrogen-bond donors (Lipinski definition) is 0. The summed E-state index contributed by atoms with van der Waals surface area (Å²) in [7, 11) is 0. The number of hydrogen-bond acceptors (Lipinski definition) is 1. The van der Waals surface area contributed by atoms with Crippen molar-refractivity contribution < 1.29 is 4.57 Å². The van der Waals surface area contributed by atoms with Gasteiger partial charge in [0.25, 0.3) is 0 Å². The van der Waals surface area contributed by atoms with Gasteiger partial charge in [-0.05, 0) is 33.8 Å². The topological polar surface area (TPSA) is 16.8 Å². The molecule has 16 heavy (non-hydrogen) atoms. The fraction of sp³-hybridized carbons (Fsp3) is 0.286. The molecule has 0 spiro atoms. The second kappa shape index (κ2) is 4.05. The van der Waals surface area contributed by atoms with Gasteiger partial charge in [0.1, 0.15) is 0 Å². The number of pyridine rings is 2. The Balaban J connectivity index is 2.67. The van der Waals surface area contributed by atoms with E-state index in [1.807, 2.05) is 12.4 Å². The molecule has 2 heterocycles. The Hall–Kier alpha value is -1.70. The lowest BCUT2D eigenvalue weighted by Crippen LogP contribution is -2.32. The summed E-state index contributed by atoms with van der Waals surface area (Å²) in [6.45, 7) is 8.44. The Morgan fingerprint density at radius 1 is 0.875 bits per heavy atom. The lowest BCUT2D eigenvalue weighted by molar-refractivity contribution is -0.597. The smallest absolute Gasteiger partial charge is 0.219 e. The van der Waals surface area contributed by atoms with E-state index in [-0.39, 0.29) is 0 Å². The molecule has 0 bridgehead atoms. The molecule has 82 valence electrons. The van der Waals surface area contributed by atoms with Crippen molar-refractivity contribution in [2.24, 2.45) is 0 Å². The van der Waals surface area contributed by atoms with Crippen molar-refractivity contribution in [2.45, 2.75) is 27.7 Å². The van der Waals surface area contributed by atoms with Crippen molar-refractivity contribution in [3.63, 3.8) is 0 Å². The Bertz CT molecular complexity index is 490. The quantitative estimate of drug-likeness (QED) is 0.665. The average Bonchev–Trinajstić information content (AvgIpc) is 2.15. The van der Waals surface area contributed by atoms with Crippen LogP contribution < -0.4 is 4.57 Å². The fourth-order valence-corrected chi connectivity index (χ4v) is 2.14. The van der Waals surface area contributed by atoms with Crippen molar-refractivity contribution in [2.75, 3.05) is 0 Å². The SMILES string of the molecule is Cc1cc(C)c[n+](-c2c(C)cncc2C)c1. The molecular formula is C14H17N2+. The lowest BCUT2D eigenvalue weighted by Gasteiger charge is -2.04. The van der Waals surface area contributed by atoms with Crippen molar-refractivity contribution in [1.82, 2.24) is 4.98 Å². The van der Waals surface area contributed by atoms with Crippen LogP contribution in [0.3, 0.4) is 0 Å².